The molecule has 24 heavy (non-hydrogen) atoms. The van der Waals surface area contributed by atoms with Gasteiger partial charge in [0.05, 0.1) is 19.3 Å². The highest BCUT2D eigenvalue weighted by Gasteiger charge is 2.17. The molecule has 0 spiro atoms. The molecule has 0 fully saturated rings. The molecule has 0 saturated carbocycles. The molecule has 2 heterocycles. The van der Waals surface area contributed by atoms with Crippen LogP contribution in [0.1, 0.15) is 12.7 Å². The molecule has 1 atom stereocenters. The standard InChI is InChI=1S/C17H23N3O3S/c1-3-24(21)9-8-23-16-10-13(22-2)4-5-14(16)15-12-20-7-6-18-11-17(20)19-15/h4-5,10,12,18H,3,6-9,11H2,1-2H3. The van der Waals surface area contributed by atoms with Gasteiger partial charge in [-0.1, -0.05) is 11.2 Å². The van der Waals surface area contributed by atoms with Crippen LogP contribution in [0.15, 0.2) is 24.4 Å². The SMILES string of the molecule is CC[S+]([O-])CCOc1cc(OC)ccc1-c1cn2c(n1)CNCC2. The van der Waals surface area contributed by atoms with Gasteiger partial charge in [-0.05, 0) is 19.1 Å². The van der Waals surface area contributed by atoms with Gasteiger partial charge < -0.3 is 23.9 Å². The van der Waals surface area contributed by atoms with Crippen molar-refractivity contribution in [2.45, 2.75) is 20.0 Å². The average molecular weight is 349 g/mol. The van der Waals surface area contributed by atoms with Crippen LogP contribution in [0.5, 0.6) is 11.5 Å². The topological polar surface area (TPSA) is 71.4 Å². The van der Waals surface area contributed by atoms with Gasteiger partial charge in [0.25, 0.3) is 0 Å². The number of nitrogens with one attached hydrogen (secondary N) is 1. The quantitative estimate of drug-likeness (QED) is 0.772. The van der Waals surface area contributed by atoms with Gasteiger partial charge in [0, 0.05) is 30.9 Å². The molecule has 7 heteroatoms. The van der Waals surface area contributed by atoms with Crippen LogP contribution in [-0.2, 0) is 24.3 Å². The minimum atomic E-state index is -0.837. The molecule has 2 aromatic rings. The van der Waals surface area contributed by atoms with E-state index in [4.69, 9.17) is 14.5 Å². The van der Waals surface area contributed by atoms with E-state index in [1.165, 1.54) is 0 Å². The van der Waals surface area contributed by atoms with E-state index >= 15 is 0 Å². The molecular formula is C17H23N3O3S. The lowest BCUT2D eigenvalue weighted by Gasteiger charge is -2.13. The van der Waals surface area contributed by atoms with Crippen LogP contribution in [0.3, 0.4) is 0 Å². The lowest BCUT2D eigenvalue weighted by atomic mass is 10.1. The number of rotatable bonds is 7. The third kappa shape index (κ3) is 3.85. The summed E-state index contributed by atoms with van der Waals surface area (Å²) in [5.74, 6) is 3.65. The van der Waals surface area contributed by atoms with Crippen LogP contribution in [0.2, 0.25) is 0 Å². The van der Waals surface area contributed by atoms with Crippen molar-refractivity contribution in [1.29, 1.82) is 0 Å². The number of hydrogen-bond donors (Lipinski definition) is 1. The fourth-order valence-electron chi connectivity index (χ4n) is 2.67. The number of imidazole rings is 1. The third-order valence-corrected chi connectivity index (χ3v) is 5.29. The third-order valence-electron chi connectivity index (χ3n) is 4.03. The van der Waals surface area contributed by atoms with Gasteiger partial charge in [-0.3, -0.25) is 0 Å². The summed E-state index contributed by atoms with van der Waals surface area (Å²) >= 11 is -0.837. The summed E-state index contributed by atoms with van der Waals surface area (Å²) in [4.78, 5) is 4.72. The summed E-state index contributed by atoms with van der Waals surface area (Å²) in [6.07, 6.45) is 2.06. The van der Waals surface area contributed by atoms with Crippen molar-refractivity contribution in [3.8, 4) is 22.8 Å². The zero-order valence-corrected chi connectivity index (χ0v) is 14.9. The summed E-state index contributed by atoms with van der Waals surface area (Å²) < 4.78 is 25.0. The molecule has 6 nitrogen and oxygen atoms in total. The molecule has 3 rings (SSSR count). The van der Waals surface area contributed by atoms with E-state index in [0.717, 1.165) is 42.5 Å². The van der Waals surface area contributed by atoms with Crippen molar-refractivity contribution >= 4 is 11.2 Å². The summed E-state index contributed by atoms with van der Waals surface area (Å²) in [7, 11) is 1.63. The Morgan fingerprint density at radius 3 is 3.04 bits per heavy atom. The van der Waals surface area contributed by atoms with E-state index < -0.39 is 11.2 Å². The molecule has 0 aliphatic carbocycles. The van der Waals surface area contributed by atoms with Gasteiger partial charge in [-0.2, -0.15) is 0 Å². The van der Waals surface area contributed by atoms with Crippen molar-refractivity contribution in [3.05, 3.63) is 30.2 Å². The predicted molar refractivity (Wildman–Crippen MR) is 95.0 cm³/mol. The molecule has 0 bridgehead atoms. The maximum absolute atomic E-state index is 11.6. The van der Waals surface area contributed by atoms with Crippen molar-refractivity contribution < 1.29 is 14.0 Å². The highest BCUT2D eigenvalue weighted by atomic mass is 32.2. The van der Waals surface area contributed by atoms with Crippen LogP contribution < -0.4 is 14.8 Å². The van der Waals surface area contributed by atoms with Crippen LogP contribution in [0.4, 0.5) is 0 Å². The number of nitrogens with zero attached hydrogens (tertiary/aromatic N) is 2. The zero-order valence-electron chi connectivity index (χ0n) is 14.1. The highest BCUT2D eigenvalue weighted by molar-refractivity contribution is 7.91. The molecule has 1 aromatic heterocycles. The Hall–Kier alpha value is -1.70. The molecule has 1 aromatic carbocycles. The van der Waals surface area contributed by atoms with Gasteiger partial charge in [-0.15, -0.1) is 0 Å². The normalized spacial score (nSPS) is 15.0. The summed E-state index contributed by atoms with van der Waals surface area (Å²) in [6.45, 7) is 4.98. The van der Waals surface area contributed by atoms with E-state index in [-0.39, 0.29) is 0 Å². The number of fused-ring (bicyclic) bond motifs is 1. The van der Waals surface area contributed by atoms with E-state index in [1.807, 2.05) is 25.1 Å². The second-order valence-corrected chi connectivity index (χ2v) is 7.42. The fraction of sp³-hybridized carbons (Fsp3) is 0.471. The first-order valence-corrected chi connectivity index (χ1v) is 9.63. The Labute approximate surface area is 145 Å². The summed E-state index contributed by atoms with van der Waals surface area (Å²) in [5, 5.41) is 3.32. The number of hydrogen-bond acceptors (Lipinski definition) is 5. The number of methoxy groups -OCH3 is 1. The van der Waals surface area contributed by atoms with E-state index in [9.17, 15) is 4.55 Å². The van der Waals surface area contributed by atoms with Gasteiger partial charge in [0.1, 0.15) is 35.4 Å². The molecule has 0 saturated heterocycles. The second kappa shape index (κ2) is 7.92. The predicted octanol–water partition coefficient (Wildman–Crippen LogP) is 1.81. The van der Waals surface area contributed by atoms with Crippen LogP contribution >= 0.6 is 0 Å². The Bertz CT molecular complexity index is 666. The zero-order chi connectivity index (χ0) is 16.9. The molecule has 1 unspecified atom stereocenters. The molecule has 130 valence electrons. The minimum Gasteiger partial charge on any atom is -0.616 e. The summed E-state index contributed by atoms with van der Waals surface area (Å²) in [6, 6.07) is 5.73. The van der Waals surface area contributed by atoms with Gasteiger partial charge in [0.2, 0.25) is 0 Å². The largest absolute Gasteiger partial charge is 0.616 e. The Morgan fingerprint density at radius 2 is 2.29 bits per heavy atom. The van der Waals surface area contributed by atoms with Crippen molar-refractivity contribution in [2.24, 2.45) is 0 Å². The molecule has 1 N–H and O–H groups in total. The maximum atomic E-state index is 11.6. The van der Waals surface area contributed by atoms with Crippen molar-refractivity contribution in [2.75, 3.05) is 31.8 Å². The number of benzene rings is 1. The minimum absolute atomic E-state index is 0.412. The molecule has 1 aliphatic heterocycles. The average Bonchev–Trinajstić information content (AvgIpc) is 3.05. The van der Waals surface area contributed by atoms with E-state index in [0.29, 0.717) is 23.9 Å². The van der Waals surface area contributed by atoms with Gasteiger partial charge in [-0.25, -0.2) is 4.98 Å². The first kappa shape index (κ1) is 17.1. The maximum Gasteiger partial charge on any atom is 0.139 e. The number of ether oxygens (including phenoxy) is 2. The second-order valence-electron chi connectivity index (χ2n) is 5.56. The van der Waals surface area contributed by atoms with E-state index in [1.54, 1.807) is 7.11 Å². The van der Waals surface area contributed by atoms with Crippen LogP contribution in [-0.4, -0.2) is 45.9 Å². The lowest BCUT2D eigenvalue weighted by molar-refractivity contribution is 0.338. The van der Waals surface area contributed by atoms with Crippen LogP contribution in [0.25, 0.3) is 11.3 Å². The molecule has 0 radical (unpaired) electrons. The van der Waals surface area contributed by atoms with Crippen molar-refractivity contribution in [1.82, 2.24) is 14.9 Å². The monoisotopic (exact) mass is 349 g/mol. The first-order chi connectivity index (χ1) is 11.7. The fourth-order valence-corrected chi connectivity index (χ4v) is 3.23. The van der Waals surface area contributed by atoms with Crippen LogP contribution in [0, 0.1) is 0 Å². The Morgan fingerprint density at radius 1 is 1.42 bits per heavy atom. The molecular weight excluding hydrogens is 326 g/mol. The first-order valence-electron chi connectivity index (χ1n) is 8.14. The van der Waals surface area contributed by atoms with Gasteiger partial charge in [0.15, 0.2) is 0 Å². The summed E-state index contributed by atoms with van der Waals surface area (Å²) in [5.41, 5.74) is 1.82. The van der Waals surface area contributed by atoms with E-state index in [2.05, 4.69) is 16.1 Å². The highest BCUT2D eigenvalue weighted by Crippen LogP contribution is 2.33. The Kier molecular flexibility index (Phi) is 5.65. The molecule has 1 aliphatic rings. The smallest absolute Gasteiger partial charge is 0.139 e. The molecule has 0 amide bonds. The lowest BCUT2D eigenvalue weighted by Crippen LogP contribution is -2.27. The number of aromatic nitrogens is 2. The Balaban J connectivity index is 1.84. The van der Waals surface area contributed by atoms with Crippen molar-refractivity contribution in [3.63, 3.8) is 0 Å². The van der Waals surface area contributed by atoms with Gasteiger partial charge >= 0.3 is 0 Å².